The number of thiazole rings is 1. The van der Waals surface area contributed by atoms with Gasteiger partial charge in [0.25, 0.3) is 0 Å². The van der Waals surface area contributed by atoms with Gasteiger partial charge in [0.15, 0.2) is 0 Å². The number of aryl methyl sites for hydroxylation is 2. The van der Waals surface area contributed by atoms with Gasteiger partial charge < -0.3 is 10.0 Å². The second-order valence-electron chi connectivity index (χ2n) is 6.93. The number of piperazine rings is 1. The Morgan fingerprint density at radius 1 is 1.12 bits per heavy atom. The van der Waals surface area contributed by atoms with Crippen LogP contribution in [0.5, 0.6) is 5.88 Å². The number of hydrogen-bond donors (Lipinski definition) is 1. The van der Waals surface area contributed by atoms with Crippen LogP contribution in [0.25, 0.3) is 4.96 Å². The maximum atomic E-state index is 10.9. The normalized spacial score (nSPS) is 17.8. The van der Waals surface area contributed by atoms with Crippen molar-refractivity contribution < 1.29 is 5.11 Å². The highest BCUT2D eigenvalue weighted by molar-refractivity contribution is 7.17. The molecule has 1 N–H and O–H groups in total. The maximum Gasteiger partial charge on any atom is 0.230 e. The minimum Gasteiger partial charge on any atom is -0.492 e. The van der Waals surface area contributed by atoms with E-state index in [1.165, 1.54) is 22.5 Å². The highest BCUT2D eigenvalue weighted by atomic mass is 32.1. The SMILES string of the molecule is CCN1CCN(C(c2ccc(C)cc2)c2sc3nc(C)nn3c2O)CC1. The van der Waals surface area contributed by atoms with Gasteiger partial charge in [0.1, 0.15) is 5.82 Å². The van der Waals surface area contributed by atoms with E-state index < -0.39 is 0 Å². The summed E-state index contributed by atoms with van der Waals surface area (Å²) in [5.74, 6) is 0.899. The van der Waals surface area contributed by atoms with Crippen molar-refractivity contribution in [2.45, 2.75) is 26.8 Å². The van der Waals surface area contributed by atoms with Crippen molar-refractivity contribution in [3.05, 3.63) is 46.1 Å². The summed E-state index contributed by atoms with van der Waals surface area (Å²) in [5, 5.41) is 15.2. The first-order valence-corrected chi connectivity index (χ1v) is 9.96. The van der Waals surface area contributed by atoms with E-state index in [0.29, 0.717) is 5.82 Å². The van der Waals surface area contributed by atoms with E-state index in [2.05, 4.69) is 58.0 Å². The Morgan fingerprint density at radius 2 is 1.81 bits per heavy atom. The highest BCUT2D eigenvalue weighted by Gasteiger charge is 2.31. The van der Waals surface area contributed by atoms with Crippen LogP contribution in [0.2, 0.25) is 0 Å². The molecular formula is C19H25N5OS. The van der Waals surface area contributed by atoms with E-state index in [1.807, 2.05) is 6.92 Å². The number of benzene rings is 1. The first-order chi connectivity index (χ1) is 12.6. The third-order valence-electron chi connectivity index (χ3n) is 5.17. The van der Waals surface area contributed by atoms with Crippen LogP contribution in [0.3, 0.4) is 0 Å². The molecule has 1 aromatic carbocycles. The largest absolute Gasteiger partial charge is 0.492 e. The standard InChI is InChI=1S/C19H25N5OS/c1-4-22-9-11-23(12-10-22)16(15-7-5-13(2)6-8-15)17-18(25)24-19(26-17)20-14(3)21-24/h5-8,16,25H,4,9-12H2,1-3H3. The van der Waals surface area contributed by atoms with E-state index >= 15 is 0 Å². The molecule has 1 atom stereocenters. The van der Waals surface area contributed by atoms with Crippen LogP contribution in [-0.2, 0) is 0 Å². The molecule has 0 radical (unpaired) electrons. The van der Waals surface area contributed by atoms with Crippen LogP contribution >= 0.6 is 11.3 Å². The van der Waals surface area contributed by atoms with Crippen molar-refractivity contribution in [1.82, 2.24) is 24.4 Å². The van der Waals surface area contributed by atoms with Crippen LogP contribution in [0.4, 0.5) is 0 Å². The lowest BCUT2D eigenvalue weighted by atomic mass is 10.0. The number of rotatable bonds is 4. The Labute approximate surface area is 157 Å². The minimum absolute atomic E-state index is 0.0309. The second kappa shape index (κ2) is 6.98. The Bertz CT molecular complexity index is 893. The molecule has 3 aromatic rings. The molecule has 7 heteroatoms. The van der Waals surface area contributed by atoms with E-state index in [0.717, 1.165) is 42.6 Å². The summed E-state index contributed by atoms with van der Waals surface area (Å²) in [4.78, 5) is 11.0. The van der Waals surface area contributed by atoms with Gasteiger partial charge in [0, 0.05) is 26.2 Å². The molecule has 6 nitrogen and oxygen atoms in total. The lowest BCUT2D eigenvalue weighted by Gasteiger charge is -2.38. The quantitative estimate of drug-likeness (QED) is 0.764. The molecule has 1 saturated heterocycles. The minimum atomic E-state index is 0.0309. The van der Waals surface area contributed by atoms with Crippen molar-refractivity contribution in [2.75, 3.05) is 32.7 Å². The van der Waals surface area contributed by atoms with Crippen molar-refractivity contribution >= 4 is 16.3 Å². The molecule has 1 fully saturated rings. The number of aromatic nitrogens is 3. The molecule has 1 aliphatic heterocycles. The molecule has 3 heterocycles. The second-order valence-corrected chi connectivity index (χ2v) is 7.94. The zero-order valence-corrected chi connectivity index (χ0v) is 16.3. The van der Waals surface area contributed by atoms with Crippen molar-refractivity contribution in [3.8, 4) is 5.88 Å². The molecular weight excluding hydrogens is 346 g/mol. The molecule has 0 saturated carbocycles. The van der Waals surface area contributed by atoms with E-state index in [9.17, 15) is 5.11 Å². The summed E-state index contributed by atoms with van der Waals surface area (Å²) in [7, 11) is 0. The van der Waals surface area contributed by atoms with Crippen LogP contribution in [-0.4, -0.2) is 62.2 Å². The topological polar surface area (TPSA) is 56.9 Å². The number of hydrogen-bond acceptors (Lipinski definition) is 6. The van der Waals surface area contributed by atoms with E-state index in [4.69, 9.17) is 0 Å². The molecule has 2 aromatic heterocycles. The monoisotopic (exact) mass is 371 g/mol. The fourth-order valence-corrected chi connectivity index (χ4v) is 4.80. The molecule has 0 spiro atoms. The van der Waals surface area contributed by atoms with Gasteiger partial charge in [-0.05, 0) is 26.0 Å². The van der Waals surface area contributed by atoms with Crippen LogP contribution < -0.4 is 0 Å². The first kappa shape index (κ1) is 17.5. The molecule has 4 rings (SSSR count). The first-order valence-electron chi connectivity index (χ1n) is 9.15. The molecule has 0 amide bonds. The van der Waals surface area contributed by atoms with Crippen LogP contribution in [0, 0.1) is 13.8 Å². The van der Waals surface area contributed by atoms with Crippen LogP contribution in [0.1, 0.15) is 34.8 Å². The Balaban J connectivity index is 1.75. The van der Waals surface area contributed by atoms with Gasteiger partial charge in [0.2, 0.25) is 10.8 Å². The van der Waals surface area contributed by atoms with Gasteiger partial charge in [-0.15, -0.1) is 5.10 Å². The predicted octanol–water partition coefficient (Wildman–Crippen LogP) is 2.84. The van der Waals surface area contributed by atoms with Crippen molar-refractivity contribution in [2.24, 2.45) is 0 Å². The lowest BCUT2D eigenvalue weighted by Crippen LogP contribution is -2.47. The summed E-state index contributed by atoms with van der Waals surface area (Å²) < 4.78 is 1.57. The van der Waals surface area contributed by atoms with Gasteiger partial charge in [-0.3, -0.25) is 4.90 Å². The summed E-state index contributed by atoms with van der Waals surface area (Å²) in [6, 6.07) is 8.66. The fourth-order valence-electron chi connectivity index (χ4n) is 3.64. The maximum absolute atomic E-state index is 10.9. The third-order valence-corrected chi connectivity index (χ3v) is 6.24. The lowest BCUT2D eigenvalue weighted by molar-refractivity contribution is 0.113. The molecule has 0 aliphatic carbocycles. The zero-order chi connectivity index (χ0) is 18.3. The Kier molecular flexibility index (Phi) is 4.69. The van der Waals surface area contributed by atoms with E-state index in [-0.39, 0.29) is 11.9 Å². The average Bonchev–Trinajstić information content (AvgIpc) is 3.15. The molecule has 26 heavy (non-hydrogen) atoms. The smallest absolute Gasteiger partial charge is 0.230 e. The molecule has 138 valence electrons. The summed E-state index contributed by atoms with van der Waals surface area (Å²) in [5.41, 5.74) is 2.45. The van der Waals surface area contributed by atoms with Gasteiger partial charge in [-0.25, -0.2) is 4.98 Å². The fraction of sp³-hybridized carbons (Fsp3) is 0.474. The third kappa shape index (κ3) is 3.11. The molecule has 1 aliphatic rings. The number of aromatic hydroxyl groups is 1. The van der Waals surface area contributed by atoms with Crippen molar-refractivity contribution in [3.63, 3.8) is 0 Å². The molecule has 0 bridgehead atoms. The number of nitrogens with zero attached hydrogens (tertiary/aromatic N) is 5. The Hall–Kier alpha value is -1.96. The van der Waals surface area contributed by atoms with Gasteiger partial charge >= 0.3 is 0 Å². The predicted molar refractivity (Wildman–Crippen MR) is 104 cm³/mol. The van der Waals surface area contributed by atoms with Gasteiger partial charge in [0.05, 0.1) is 10.9 Å². The zero-order valence-electron chi connectivity index (χ0n) is 15.5. The van der Waals surface area contributed by atoms with Gasteiger partial charge in [-0.2, -0.15) is 4.52 Å². The highest BCUT2D eigenvalue weighted by Crippen LogP contribution is 2.40. The summed E-state index contributed by atoms with van der Waals surface area (Å²) in [6.45, 7) is 11.3. The van der Waals surface area contributed by atoms with Gasteiger partial charge in [-0.1, -0.05) is 48.1 Å². The number of likely N-dealkylation sites (N-methyl/N-ethyl adjacent to an activating group) is 1. The number of fused-ring (bicyclic) bond motifs is 1. The average molecular weight is 372 g/mol. The van der Waals surface area contributed by atoms with Crippen molar-refractivity contribution in [1.29, 1.82) is 0 Å². The summed E-state index contributed by atoms with van der Waals surface area (Å²) in [6.07, 6.45) is 0. The Morgan fingerprint density at radius 3 is 2.42 bits per heavy atom. The van der Waals surface area contributed by atoms with Crippen LogP contribution in [0.15, 0.2) is 24.3 Å². The molecule has 1 unspecified atom stereocenters. The summed E-state index contributed by atoms with van der Waals surface area (Å²) >= 11 is 1.54. The van der Waals surface area contributed by atoms with E-state index in [1.54, 1.807) is 4.52 Å².